The molecule has 0 spiro atoms. The minimum atomic E-state index is 0.242. The third-order valence-corrected chi connectivity index (χ3v) is 4.25. The molecule has 1 aromatic carbocycles. The van der Waals surface area contributed by atoms with Gasteiger partial charge in [0.2, 0.25) is 0 Å². The number of fused-ring (bicyclic) bond motifs is 1. The Morgan fingerprint density at radius 3 is 3.11 bits per heavy atom. The average Bonchev–Trinajstić information content (AvgIpc) is 2.39. The van der Waals surface area contributed by atoms with E-state index in [1.54, 1.807) is 17.8 Å². The molecule has 0 saturated heterocycles. The Morgan fingerprint density at radius 1 is 1.47 bits per heavy atom. The molecule has 0 saturated carbocycles. The van der Waals surface area contributed by atoms with E-state index in [1.807, 2.05) is 6.07 Å². The lowest BCUT2D eigenvalue weighted by atomic mass is 10.0. The van der Waals surface area contributed by atoms with Crippen LogP contribution in [0.5, 0.6) is 5.75 Å². The van der Waals surface area contributed by atoms with Crippen LogP contribution in [0.25, 0.3) is 0 Å². The van der Waals surface area contributed by atoms with Crippen LogP contribution < -0.4 is 10.1 Å². The van der Waals surface area contributed by atoms with E-state index in [0.717, 1.165) is 35.8 Å². The van der Waals surface area contributed by atoms with Crippen molar-refractivity contribution in [3.63, 3.8) is 0 Å². The van der Waals surface area contributed by atoms with E-state index in [1.165, 1.54) is 0 Å². The standard InChI is InChI=1S/C14H15Cl2NOS/c1-2-6-19-7-4-17-13-3-5-18-14-11(13)8-10(15)9-12(14)16/h1,8-9,13,17H,3-7H2. The highest BCUT2D eigenvalue weighted by Crippen LogP contribution is 2.39. The molecule has 0 radical (unpaired) electrons. The van der Waals surface area contributed by atoms with Crippen molar-refractivity contribution in [2.24, 2.45) is 0 Å². The summed E-state index contributed by atoms with van der Waals surface area (Å²) in [6, 6.07) is 3.88. The Balaban J connectivity index is 2.00. The number of hydrogen-bond acceptors (Lipinski definition) is 3. The van der Waals surface area contributed by atoms with Gasteiger partial charge < -0.3 is 10.1 Å². The predicted molar refractivity (Wildman–Crippen MR) is 83.5 cm³/mol. The van der Waals surface area contributed by atoms with Gasteiger partial charge in [-0.2, -0.15) is 0 Å². The summed E-state index contributed by atoms with van der Waals surface area (Å²) < 4.78 is 5.62. The van der Waals surface area contributed by atoms with Gasteiger partial charge >= 0.3 is 0 Å². The molecule has 0 fully saturated rings. The zero-order valence-corrected chi connectivity index (χ0v) is 12.7. The fourth-order valence-electron chi connectivity index (χ4n) is 2.07. The Kier molecular flexibility index (Phi) is 5.72. The van der Waals surface area contributed by atoms with E-state index in [-0.39, 0.29) is 6.04 Å². The molecule has 1 N–H and O–H groups in total. The van der Waals surface area contributed by atoms with Crippen molar-refractivity contribution in [2.75, 3.05) is 24.7 Å². The normalized spacial score (nSPS) is 17.4. The fraction of sp³-hybridized carbons (Fsp3) is 0.429. The average molecular weight is 316 g/mol. The fourth-order valence-corrected chi connectivity index (χ4v) is 3.16. The number of benzene rings is 1. The summed E-state index contributed by atoms with van der Waals surface area (Å²) >= 11 is 14.0. The first kappa shape index (κ1) is 14.9. The summed E-state index contributed by atoms with van der Waals surface area (Å²) in [7, 11) is 0. The second-order valence-electron chi connectivity index (χ2n) is 4.21. The van der Waals surface area contributed by atoms with Crippen LogP contribution in [0.4, 0.5) is 0 Å². The molecule has 1 aliphatic rings. The number of hydrogen-bond donors (Lipinski definition) is 1. The number of halogens is 2. The van der Waals surface area contributed by atoms with Crippen molar-refractivity contribution in [3.05, 3.63) is 27.7 Å². The molecule has 1 unspecified atom stereocenters. The SMILES string of the molecule is C#CCSCCNC1CCOc2c(Cl)cc(Cl)cc21. The van der Waals surface area contributed by atoms with Gasteiger partial charge in [0.05, 0.1) is 17.4 Å². The first-order valence-corrected chi connectivity index (χ1v) is 7.99. The van der Waals surface area contributed by atoms with Gasteiger partial charge in [-0.15, -0.1) is 18.2 Å². The van der Waals surface area contributed by atoms with Crippen molar-refractivity contribution < 1.29 is 4.74 Å². The van der Waals surface area contributed by atoms with Crippen molar-refractivity contribution in [1.82, 2.24) is 5.32 Å². The van der Waals surface area contributed by atoms with Gasteiger partial charge in [0.1, 0.15) is 5.75 Å². The van der Waals surface area contributed by atoms with Crippen molar-refractivity contribution in [3.8, 4) is 18.1 Å². The minimum absolute atomic E-state index is 0.242. The maximum absolute atomic E-state index is 6.15. The lowest BCUT2D eigenvalue weighted by Crippen LogP contribution is -2.29. The zero-order valence-electron chi connectivity index (χ0n) is 10.4. The molecular weight excluding hydrogens is 301 g/mol. The van der Waals surface area contributed by atoms with Crippen LogP contribution in [0.3, 0.4) is 0 Å². The molecule has 1 atom stereocenters. The molecule has 1 heterocycles. The van der Waals surface area contributed by atoms with E-state index < -0.39 is 0 Å². The first-order chi connectivity index (χ1) is 9.22. The predicted octanol–water partition coefficient (Wildman–Crippen LogP) is 3.77. The van der Waals surface area contributed by atoms with Crippen LogP contribution >= 0.6 is 35.0 Å². The molecule has 2 rings (SSSR count). The van der Waals surface area contributed by atoms with Gasteiger partial charge in [0, 0.05) is 35.3 Å². The van der Waals surface area contributed by atoms with Crippen LogP contribution in [-0.4, -0.2) is 24.7 Å². The summed E-state index contributed by atoms with van der Waals surface area (Å²) in [6.45, 7) is 1.57. The number of thioether (sulfide) groups is 1. The molecule has 2 nitrogen and oxygen atoms in total. The van der Waals surface area contributed by atoms with Gasteiger partial charge in [0.25, 0.3) is 0 Å². The van der Waals surface area contributed by atoms with Crippen LogP contribution in [0.15, 0.2) is 12.1 Å². The summed E-state index contributed by atoms with van der Waals surface area (Å²) in [5.41, 5.74) is 1.05. The van der Waals surface area contributed by atoms with E-state index >= 15 is 0 Å². The summed E-state index contributed by atoms with van der Waals surface area (Å²) in [5, 5.41) is 4.73. The van der Waals surface area contributed by atoms with Crippen molar-refractivity contribution in [2.45, 2.75) is 12.5 Å². The summed E-state index contributed by atoms with van der Waals surface area (Å²) in [6.07, 6.45) is 6.13. The molecule has 0 aliphatic carbocycles. The smallest absolute Gasteiger partial charge is 0.142 e. The van der Waals surface area contributed by atoms with Crippen LogP contribution in [0.1, 0.15) is 18.0 Å². The number of nitrogens with one attached hydrogen (secondary N) is 1. The lowest BCUT2D eigenvalue weighted by Gasteiger charge is -2.27. The Hall–Kier alpha value is -0.530. The van der Waals surface area contributed by atoms with E-state index in [4.69, 9.17) is 34.4 Å². The number of terminal acetylenes is 1. The largest absolute Gasteiger partial charge is 0.492 e. The topological polar surface area (TPSA) is 21.3 Å². The molecule has 102 valence electrons. The van der Waals surface area contributed by atoms with Gasteiger partial charge in [0.15, 0.2) is 0 Å². The monoisotopic (exact) mass is 315 g/mol. The third-order valence-electron chi connectivity index (χ3n) is 2.89. The second-order valence-corrected chi connectivity index (χ2v) is 6.16. The quantitative estimate of drug-likeness (QED) is 0.660. The highest BCUT2D eigenvalue weighted by atomic mass is 35.5. The van der Waals surface area contributed by atoms with Gasteiger partial charge in [-0.1, -0.05) is 29.1 Å². The highest BCUT2D eigenvalue weighted by Gasteiger charge is 2.23. The molecule has 1 aliphatic heterocycles. The van der Waals surface area contributed by atoms with Crippen LogP contribution in [-0.2, 0) is 0 Å². The first-order valence-electron chi connectivity index (χ1n) is 6.08. The number of rotatable bonds is 5. The number of ether oxygens (including phenoxy) is 1. The summed E-state index contributed by atoms with van der Waals surface area (Å²) in [4.78, 5) is 0. The highest BCUT2D eigenvalue weighted by molar-refractivity contribution is 7.99. The van der Waals surface area contributed by atoms with Crippen molar-refractivity contribution in [1.29, 1.82) is 0 Å². The van der Waals surface area contributed by atoms with E-state index in [9.17, 15) is 0 Å². The Morgan fingerprint density at radius 2 is 2.32 bits per heavy atom. The molecule has 19 heavy (non-hydrogen) atoms. The van der Waals surface area contributed by atoms with Crippen LogP contribution in [0, 0.1) is 12.3 Å². The molecule has 0 aromatic heterocycles. The van der Waals surface area contributed by atoms with E-state index in [2.05, 4.69) is 11.2 Å². The lowest BCUT2D eigenvalue weighted by molar-refractivity contribution is 0.254. The maximum atomic E-state index is 6.15. The Bertz CT molecular complexity index is 487. The van der Waals surface area contributed by atoms with Crippen LogP contribution in [0.2, 0.25) is 10.0 Å². The van der Waals surface area contributed by atoms with Gasteiger partial charge in [-0.05, 0) is 12.1 Å². The third kappa shape index (κ3) is 3.97. The maximum Gasteiger partial charge on any atom is 0.142 e. The second kappa shape index (κ2) is 7.31. The molecular formula is C14H15Cl2NOS. The molecule has 0 bridgehead atoms. The molecule has 5 heteroatoms. The molecule has 0 amide bonds. The van der Waals surface area contributed by atoms with Gasteiger partial charge in [-0.25, -0.2) is 0 Å². The zero-order chi connectivity index (χ0) is 13.7. The Labute approximate surface area is 128 Å². The van der Waals surface area contributed by atoms with Crippen molar-refractivity contribution >= 4 is 35.0 Å². The minimum Gasteiger partial charge on any atom is -0.492 e. The molecule has 1 aromatic rings. The van der Waals surface area contributed by atoms with E-state index in [0.29, 0.717) is 16.7 Å². The van der Waals surface area contributed by atoms with Gasteiger partial charge in [-0.3, -0.25) is 0 Å². The summed E-state index contributed by atoms with van der Waals surface area (Å²) in [5.74, 6) is 5.12.